The van der Waals surface area contributed by atoms with Crippen LogP contribution in [0.1, 0.15) is 30.9 Å². The molecule has 0 spiro atoms. The van der Waals surface area contributed by atoms with Crippen molar-refractivity contribution in [2.75, 3.05) is 6.61 Å². The number of rotatable bonds is 4. The first-order valence-corrected chi connectivity index (χ1v) is 6.11. The lowest BCUT2D eigenvalue weighted by atomic mass is 10.1. The van der Waals surface area contributed by atoms with E-state index in [-0.39, 0.29) is 5.97 Å². The SMILES string of the molecule is CCOC(=O)/C=C\CCC#Cc1ccc(C)cc1. The molecule has 2 nitrogen and oxygen atoms in total. The molecule has 1 aromatic rings. The van der Waals surface area contributed by atoms with E-state index < -0.39 is 0 Å². The summed E-state index contributed by atoms with van der Waals surface area (Å²) >= 11 is 0. The molecular weight excluding hydrogens is 224 g/mol. The van der Waals surface area contributed by atoms with E-state index in [0.29, 0.717) is 6.61 Å². The first kappa shape index (κ1) is 14.1. The molecule has 0 saturated carbocycles. The van der Waals surface area contributed by atoms with Crippen molar-refractivity contribution in [1.29, 1.82) is 0 Å². The summed E-state index contributed by atoms with van der Waals surface area (Å²) in [7, 11) is 0. The van der Waals surface area contributed by atoms with Gasteiger partial charge in [0.15, 0.2) is 0 Å². The lowest BCUT2D eigenvalue weighted by Crippen LogP contribution is -1.98. The summed E-state index contributed by atoms with van der Waals surface area (Å²) < 4.78 is 4.77. The molecule has 0 saturated heterocycles. The number of hydrogen-bond donors (Lipinski definition) is 0. The first-order chi connectivity index (χ1) is 8.72. The van der Waals surface area contributed by atoms with E-state index in [4.69, 9.17) is 4.74 Å². The summed E-state index contributed by atoms with van der Waals surface area (Å²) in [5, 5.41) is 0. The Morgan fingerprint density at radius 1 is 1.33 bits per heavy atom. The monoisotopic (exact) mass is 242 g/mol. The number of ether oxygens (including phenoxy) is 1. The number of allylic oxidation sites excluding steroid dienone is 1. The predicted octanol–water partition coefficient (Wildman–Crippen LogP) is 3.25. The Morgan fingerprint density at radius 3 is 2.72 bits per heavy atom. The van der Waals surface area contributed by atoms with Crippen LogP contribution < -0.4 is 0 Å². The molecule has 0 bridgehead atoms. The minimum atomic E-state index is -0.288. The van der Waals surface area contributed by atoms with Gasteiger partial charge >= 0.3 is 5.97 Å². The number of carbonyl (C=O) groups excluding carboxylic acids is 1. The van der Waals surface area contributed by atoms with Gasteiger partial charge in [0.2, 0.25) is 0 Å². The second-order valence-electron chi connectivity index (χ2n) is 3.86. The zero-order chi connectivity index (χ0) is 13.2. The summed E-state index contributed by atoms with van der Waals surface area (Å²) in [4.78, 5) is 11.0. The molecule has 18 heavy (non-hydrogen) atoms. The average molecular weight is 242 g/mol. The van der Waals surface area contributed by atoms with Crippen LogP contribution in [0.2, 0.25) is 0 Å². The van der Waals surface area contributed by atoms with Crippen LogP contribution in [0.5, 0.6) is 0 Å². The molecule has 0 aliphatic rings. The van der Waals surface area contributed by atoms with Gasteiger partial charge in [-0.2, -0.15) is 0 Å². The normalized spacial score (nSPS) is 9.89. The smallest absolute Gasteiger partial charge is 0.330 e. The Bertz CT molecular complexity index is 458. The van der Waals surface area contributed by atoms with Gasteiger partial charge in [-0.3, -0.25) is 0 Å². The topological polar surface area (TPSA) is 26.3 Å². The molecule has 1 aromatic carbocycles. The van der Waals surface area contributed by atoms with E-state index in [0.717, 1.165) is 18.4 Å². The number of benzene rings is 1. The van der Waals surface area contributed by atoms with Crippen molar-refractivity contribution < 1.29 is 9.53 Å². The van der Waals surface area contributed by atoms with Gasteiger partial charge in [-0.1, -0.05) is 35.6 Å². The van der Waals surface area contributed by atoms with E-state index in [1.54, 1.807) is 13.0 Å². The number of hydrogen-bond acceptors (Lipinski definition) is 2. The van der Waals surface area contributed by atoms with Crippen LogP contribution in [0.4, 0.5) is 0 Å². The third kappa shape index (κ3) is 5.91. The summed E-state index contributed by atoms with van der Waals surface area (Å²) in [6, 6.07) is 8.11. The maximum Gasteiger partial charge on any atom is 0.330 e. The van der Waals surface area contributed by atoms with Crippen molar-refractivity contribution in [2.24, 2.45) is 0 Å². The lowest BCUT2D eigenvalue weighted by Gasteiger charge is -1.93. The summed E-state index contributed by atoms with van der Waals surface area (Å²) in [6.45, 7) is 4.26. The minimum absolute atomic E-state index is 0.288. The van der Waals surface area contributed by atoms with Gasteiger partial charge in [-0.15, -0.1) is 0 Å². The molecule has 0 fully saturated rings. The van der Waals surface area contributed by atoms with Crippen molar-refractivity contribution in [3.8, 4) is 11.8 Å². The first-order valence-electron chi connectivity index (χ1n) is 6.11. The highest BCUT2D eigenvalue weighted by Gasteiger charge is 1.91. The van der Waals surface area contributed by atoms with Crippen LogP contribution in [0.25, 0.3) is 0 Å². The highest BCUT2D eigenvalue weighted by molar-refractivity contribution is 5.81. The maximum atomic E-state index is 11.0. The van der Waals surface area contributed by atoms with Gasteiger partial charge in [-0.05, 0) is 32.4 Å². The van der Waals surface area contributed by atoms with Crippen molar-refractivity contribution in [2.45, 2.75) is 26.7 Å². The second kappa shape index (κ2) is 8.14. The number of unbranched alkanes of at least 4 members (excludes halogenated alkanes) is 1. The molecule has 0 radical (unpaired) electrons. The third-order valence-corrected chi connectivity index (χ3v) is 2.26. The fourth-order valence-electron chi connectivity index (χ4n) is 1.33. The zero-order valence-electron chi connectivity index (χ0n) is 10.9. The molecule has 0 amide bonds. The standard InChI is InChI=1S/C16H18O2/c1-3-18-16(17)9-7-5-4-6-8-15-12-10-14(2)11-13-15/h7,9-13H,3-5H2,1-2H3/b9-7-. The molecule has 0 aliphatic carbocycles. The molecule has 0 atom stereocenters. The van der Waals surface area contributed by atoms with Crippen LogP contribution in [0.3, 0.4) is 0 Å². The Labute approximate surface area is 109 Å². The molecule has 0 N–H and O–H groups in total. The van der Waals surface area contributed by atoms with Crippen LogP contribution in [0.15, 0.2) is 36.4 Å². The van der Waals surface area contributed by atoms with Crippen molar-refractivity contribution in [3.63, 3.8) is 0 Å². The van der Waals surface area contributed by atoms with Gasteiger partial charge in [0.05, 0.1) is 6.61 Å². The summed E-state index contributed by atoms with van der Waals surface area (Å²) in [6.07, 6.45) is 4.75. The highest BCUT2D eigenvalue weighted by Crippen LogP contribution is 2.01. The number of carbonyl (C=O) groups is 1. The third-order valence-electron chi connectivity index (χ3n) is 2.26. The molecule has 0 aliphatic heterocycles. The Hall–Kier alpha value is -2.01. The molecular formula is C16H18O2. The summed E-state index contributed by atoms with van der Waals surface area (Å²) in [5.74, 6) is 5.87. The second-order valence-corrected chi connectivity index (χ2v) is 3.86. The highest BCUT2D eigenvalue weighted by atomic mass is 16.5. The van der Waals surface area contributed by atoms with E-state index >= 15 is 0 Å². The number of esters is 1. The average Bonchev–Trinajstić information content (AvgIpc) is 2.36. The van der Waals surface area contributed by atoms with Gasteiger partial charge in [0.1, 0.15) is 0 Å². The predicted molar refractivity (Wildman–Crippen MR) is 73.1 cm³/mol. The van der Waals surface area contributed by atoms with Crippen LogP contribution in [-0.4, -0.2) is 12.6 Å². The van der Waals surface area contributed by atoms with Gasteiger partial charge in [-0.25, -0.2) is 4.79 Å². The van der Waals surface area contributed by atoms with Gasteiger partial charge in [0.25, 0.3) is 0 Å². The molecule has 0 unspecified atom stereocenters. The van der Waals surface area contributed by atoms with Crippen LogP contribution in [-0.2, 0) is 9.53 Å². The molecule has 2 heteroatoms. The Morgan fingerprint density at radius 2 is 2.06 bits per heavy atom. The van der Waals surface area contributed by atoms with Crippen molar-refractivity contribution in [3.05, 3.63) is 47.5 Å². The fraction of sp³-hybridized carbons (Fsp3) is 0.312. The number of aryl methyl sites for hydroxylation is 1. The fourth-order valence-corrected chi connectivity index (χ4v) is 1.33. The lowest BCUT2D eigenvalue weighted by molar-refractivity contribution is -0.137. The zero-order valence-corrected chi connectivity index (χ0v) is 10.9. The maximum absolute atomic E-state index is 11.0. The van der Waals surface area contributed by atoms with E-state index in [9.17, 15) is 4.79 Å². The van der Waals surface area contributed by atoms with Crippen LogP contribution >= 0.6 is 0 Å². The molecule has 0 aromatic heterocycles. The largest absolute Gasteiger partial charge is 0.463 e. The van der Waals surface area contributed by atoms with Crippen LogP contribution in [0, 0.1) is 18.8 Å². The minimum Gasteiger partial charge on any atom is -0.463 e. The molecule has 94 valence electrons. The quantitative estimate of drug-likeness (QED) is 0.350. The summed E-state index contributed by atoms with van der Waals surface area (Å²) in [5.41, 5.74) is 2.26. The van der Waals surface area contributed by atoms with E-state index in [1.165, 1.54) is 11.6 Å². The van der Waals surface area contributed by atoms with Gasteiger partial charge in [0, 0.05) is 18.1 Å². The Balaban J connectivity index is 2.30. The van der Waals surface area contributed by atoms with E-state index in [2.05, 4.69) is 18.8 Å². The van der Waals surface area contributed by atoms with E-state index in [1.807, 2.05) is 24.3 Å². The van der Waals surface area contributed by atoms with Gasteiger partial charge < -0.3 is 4.74 Å². The van der Waals surface area contributed by atoms with Crippen molar-refractivity contribution >= 4 is 5.97 Å². The molecule has 0 heterocycles. The Kier molecular flexibility index (Phi) is 6.35. The van der Waals surface area contributed by atoms with Crippen molar-refractivity contribution in [1.82, 2.24) is 0 Å². The molecule has 1 rings (SSSR count).